The molecule has 5 nitrogen and oxygen atoms in total. The number of methoxy groups -OCH3 is 1. The number of ether oxygens (including phenoxy) is 1. The van der Waals surface area contributed by atoms with Gasteiger partial charge in [-0.15, -0.1) is 11.3 Å². The summed E-state index contributed by atoms with van der Waals surface area (Å²) < 4.78 is 32.1. The molecule has 108 valence electrons. The molecule has 1 heterocycles. The van der Waals surface area contributed by atoms with Gasteiger partial charge in [0.15, 0.2) is 0 Å². The molecule has 0 saturated heterocycles. The van der Waals surface area contributed by atoms with E-state index in [9.17, 15) is 8.42 Å². The van der Waals surface area contributed by atoms with Crippen molar-refractivity contribution in [2.75, 3.05) is 17.6 Å². The Morgan fingerprint density at radius 3 is 2.50 bits per heavy atom. The van der Waals surface area contributed by atoms with Crippen LogP contribution in [0.2, 0.25) is 8.67 Å². The third-order valence-corrected chi connectivity index (χ3v) is 5.53. The van der Waals surface area contributed by atoms with Gasteiger partial charge in [-0.3, -0.25) is 4.72 Å². The number of rotatable bonds is 4. The van der Waals surface area contributed by atoms with Gasteiger partial charge in [0.2, 0.25) is 0 Å². The smallest absolute Gasteiger partial charge is 0.264 e. The molecule has 2 rings (SSSR count). The Bertz CT molecular complexity index is 744. The van der Waals surface area contributed by atoms with Crippen LogP contribution in [-0.2, 0) is 10.0 Å². The summed E-state index contributed by atoms with van der Waals surface area (Å²) in [6.45, 7) is 0. The minimum atomic E-state index is -3.81. The molecule has 0 aliphatic carbocycles. The first-order chi connectivity index (χ1) is 9.33. The van der Waals surface area contributed by atoms with E-state index in [0.717, 1.165) is 11.3 Å². The lowest BCUT2D eigenvalue weighted by Gasteiger charge is -2.09. The zero-order valence-corrected chi connectivity index (χ0v) is 13.3. The molecular weight excluding hydrogens is 343 g/mol. The van der Waals surface area contributed by atoms with Crippen LogP contribution in [0.1, 0.15) is 0 Å². The second-order valence-corrected chi connectivity index (χ2v) is 7.69. The molecule has 0 bridgehead atoms. The zero-order valence-electron chi connectivity index (χ0n) is 10.2. The van der Waals surface area contributed by atoms with Crippen LogP contribution in [0.5, 0.6) is 5.75 Å². The highest BCUT2D eigenvalue weighted by Crippen LogP contribution is 2.35. The van der Waals surface area contributed by atoms with Crippen LogP contribution in [0, 0.1) is 0 Å². The Kier molecular flexibility index (Phi) is 4.33. The lowest BCUT2D eigenvalue weighted by molar-refractivity contribution is 0.417. The summed E-state index contributed by atoms with van der Waals surface area (Å²) in [5, 5.41) is 0. The van der Waals surface area contributed by atoms with Crippen LogP contribution in [0.15, 0.2) is 29.2 Å². The molecule has 0 radical (unpaired) electrons. The summed E-state index contributed by atoms with van der Waals surface area (Å²) in [6, 6.07) is 5.85. The van der Waals surface area contributed by atoms with E-state index in [-0.39, 0.29) is 9.23 Å². The fourth-order valence-electron chi connectivity index (χ4n) is 1.52. The van der Waals surface area contributed by atoms with E-state index in [0.29, 0.717) is 21.5 Å². The fourth-order valence-corrected chi connectivity index (χ4v) is 4.72. The summed E-state index contributed by atoms with van der Waals surface area (Å²) in [4.78, 5) is -0.0662. The van der Waals surface area contributed by atoms with Crippen molar-refractivity contribution in [1.29, 1.82) is 0 Å². The molecule has 9 heteroatoms. The molecule has 0 aliphatic heterocycles. The zero-order chi connectivity index (χ0) is 14.9. The van der Waals surface area contributed by atoms with E-state index in [1.807, 2.05) is 0 Å². The van der Waals surface area contributed by atoms with E-state index in [4.69, 9.17) is 33.7 Å². The predicted molar refractivity (Wildman–Crippen MR) is 82.6 cm³/mol. The van der Waals surface area contributed by atoms with E-state index in [1.165, 1.54) is 25.3 Å². The van der Waals surface area contributed by atoms with Gasteiger partial charge in [0.1, 0.15) is 15.0 Å². The van der Waals surface area contributed by atoms with Crippen molar-refractivity contribution in [2.24, 2.45) is 0 Å². The van der Waals surface area contributed by atoms with Gasteiger partial charge in [-0.05, 0) is 24.3 Å². The van der Waals surface area contributed by atoms with E-state index < -0.39 is 10.0 Å². The van der Waals surface area contributed by atoms with Crippen molar-refractivity contribution in [3.63, 3.8) is 0 Å². The van der Waals surface area contributed by atoms with Crippen molar-refractivity contribution < 1.29 is 13.2 Å². The predicted octanol–water partition coefficient (Wildman–Crippen LogP) is 3.45. The Hall–Kier alpha value is -1.15. The number of thiophene rings is 1. The van der Waals surface area contributed by atoms with Gasteiger partial charge in [0, 0.05) is 0 Å². The lowest BCUT2D eigenvalue weighted by Crippen LogP contribution is -2.12. The molecule has 0 unspecified atom stereocenters. The summed E-state index contributed by atoms with van der Waals surface area (Å²) in [7, 11) is -2.34. The van der Waals surface area contributed by atoms with Crippen LogP contribution < -0.4 is 15.2 Å². The number of nitrogen functional groups attached to an aromatic ring is 1. The van der Waals surface area contributed by atoms with Crippen LogP contribution >= 0.6 is 34.5 Å². The molecule has 1 aromatic carbocycles. The van der Waals surface area contributed by atoms with Crippen molar-refractivity contribution >= 4 is 55.9 Å². The van der Waals surface area contributed by atoms with Crippen LogP contribution in [0.25, 0.3) is 0 Å². The summed E-state index contributed by atoms with van der Waals surface area (Å²) in [5.41, 5.74) is 6.35. The largest absolute Gasteiger partial charge is 0.495 e. The number of anilines is 2. The van der Waals surface area contributed by atoms with Crippen LogP contribution in [-0.4, -0.2) is 15.5 Å². The lowest BCUT2D eigenvalue weighted by atomic mass is 10.2. The van der Waals surface area contributed by atoms with E-state index in [1.54, 1.807) is 6.07 Å². The molecule has 3 N–H and O–H groups in total. The van der Waals surface area contributed by atoms with Crippen LogP contribution in [0.4, 0.5) is 11.4 Å². The number of nitrogens with two attached hydrogens (primary N) is 1. The molecule has 20 heavy (non-hydrogen) atoms. The minimum absolute atomic E-state index is 0.0662. The van der Waals surface area contributed by atoms with Gasteiger partial charge in [-0.2, -0.15) is 0 Å². The van der Waals surface area contributed by atoms with Gasteiger partial charge in [-0.1, -0.05) is 23.2 Å². The minimum Gasteiger partial charge on any atom is -0.495 e. The highest BCUT2D eigenvalue weighted by molar-refractivity contribution is 7.93. The number of hydrogen-bond donors (Lipinski definition) is 2. The quantitative estimate of drug-likeness (QED) is 0.825. The standard InChI is InChI=1S/C11H10Cl2N2O3S2/c1-18-8-3-2-6(4-7(8)14)15-20(16,17)9-5-10(12)19-11(9)13/h2-5,15H,14H2,1H3. The summed E-state index contributed by atoms with van der Waals surface area (Å²) in [5.74, 6) is 0.463. The van der Waals surface area contributed by atoms with Crippen LogP contribution in [0.3, 0.4) is 0 Å². The van der Waals surface area contributed by atoms with E-state index >= 15 is 0 Å². The normalized spacial score (nSPS) is 11.3. The number of nitrogens with one attached hydrogen (secondary N) is 1. The Balaban J connectivity index is 2.33. The topological polar surface area (TPSA) is 81.4 Å². The van der Waals surface area contributed by atoms with Crippen molar-refractivity contribution in [2.45, 2.75) is 4.90 Å². The second-order valence-electron chi connectivity index (χ2n) is 3.75. The number of hydrogen-bond acceptors (Lipinski definition) is 5. The monoisotopic (exact) mass is 352 g/mol. The fraction of sp³-hybridized carbons (Fsp3) is 0.0909. The molecular formula is C11H10Cl2N2O3S2. The molecule has 0 amide bonds. The molecule has 0 fully saturated rings. The molecule has 0 aliphatic rings. The maximum atomic E-state index is 12.2. The maximum absolute atomic E-state index is 12.2. The number of halogens is 2. The SMILES string of the molecule is COc1ccc(NS(=O)(=O)c2cc(Cl)sc2Cl)cc1N. The first kappa shape index (κ1) is 15.2. The van der Waals surface area contributed by atoms with Crippen molar-refractivity contribution in [3.05, 3.63) is 32.9 Å². The first-order valence-electron chi connectivity index (χ1n) is 5.24. The van der Waals surface area contributed by atoms with Gasteiger partial charge < -0.3 is 10.5 Å². The number of benzene rings is 1. The highest BCUT2D eigenvalue weighted by Gasteiger charge is 2.21. The highest BCUT2D eigenvalue weighted by atomic mass is 35.5. The Morgan fingerprint density at radius 1 is 1.30 bits per heavy atom. The second kappa shape index (κ2) is 5.69. The third-order valence-electron chi connectivity index (χ3n) is 2.40. The summed E-state index contributed by atoms with van der Waals surface area (Å²) >= 11 is 12.6. The first-order valence-corrected chi connectivity index (χ1v) is 8.30. The molecule has 1 aromatic heterocycles. The maximum Gasteiger partial charge on any atom is 0.264 e. The summed E-state index contributed by atoms with van der Waals surface area (Å²) in [6.07, 6.45) is 0. The van der Waals surface area contributed by atoms with E-state index in [2.05, 4.69) is 4.72 Å². The van der Waals surface area contributed by atoms with Gasteiger partial charge in [0.05, 0.1) is 22.8 Å². The third kappa shape index (κ3) is 3.12. The van der Waals surface area contributed by atoms with Crippen molar-refractivity contribution in [1.82, 2.24) is 0 Å². The van der Waals surface area contributed by atoms with Crippen molar-refractivity contribution in [3.8, 4) is 5.75 Å². The average Bonchev–Trinajstić information content (AvgIpc) is 2.69. The molecule has 0 spiro atoms. The van der Waals surface area contributed by atoms with Gasteiger partial charge in [-0.25, -0.2) is 8.42 Å². The molecule has 0 atom stereocenters. The van der Waals surface area contributed by atoms with Gasteiger partial charge >= 0.3 is 0 Å². The number of sulfonamides is 1. The molecule has 0 saturated carbocycles. The van der Waals surface area contributed by atoms with Gasteiger partial charge in [0.25, 0.3) is 10.0 Å². The Morgan fingerprint density at radius 2 is 2.00 bits per heavy atom. The molecule has 2 aromatic rings. The average molecular weight is 353 g/mol. The Labute approximate surface area is 130 Å².